The van der Waals surface area contributed by atoms with Crippen molar-refractivity contribution in [3.8, 4) is 5.75 Å². The summed E-state index contributed by atoms with van der Waals surface area (Å²) < 4.78 is 11.2. The Morgan fingerprint density at radius 3 is 2.48 bits per heavy atom. The third-order valence-corrected chi connectivity index (χ3v) is 7.34. The third kappa shape index (κ3) is 5.83. The zero-order chi connectivity index (χ0) is 23.6. The molecule has 1 aromatic heterocycles. The van der Waals surface area contributed by atoms with Crippen LogP contribution in [0, 0.1) is 12.8 Å². The number of aryl methyl sites for hydroxylation is 1. The van der Waals surface area contributed by atoms with Crippen molar-refractivity contribution in [1.82, 2.24) is 5.32 Å². The maximum Gasteiger partial charge on any atom is 0.287 e. The van der Waals surface area contributed by atoms with Crippen LogP contribution in [0.15, 0.2) is 63.9 Å². The molecule has 1 N–H and O–H groups in total. The summed E-state index contributed by atoms with van der Waals surface area (Å²) >= 11 is 1.75. The Balaban J connectivity index is 1.41. The van der Waals surface area contributed by atoms with Gasteiger partial charge < -0.3 is 14.5 Å². The molecule has 4 rings (SSSR count). The molecule has 1 heterocycles. The van der Waals surface area contributed by atoms with E-state index >= 15 is 0 Å². The van der Waals surface area contributed by atoms with Gasteiger partial charge in [-0.25, -0.2) is 0 Å². The summed E-state index contributed by atoms with van der Waals surface area (Å²) in [5, 5.41) is 3.19. The average molecular weight is 464 g/mol. The van der Waals surface area contributed by atoms with Crippen molar-refractivity contribution in [2.75, 3.05) is 7.11 Å². The fraction of sp³-hybridized carbons (Fsp3) is 0.393. The third-order valence-electron chi connectivity index (χ3n) is 6.16. The van der Waals surface area contributed by atoms with Gasteiger partial charge in [0.05, 0.1) is 18.9 Å². The highest BCUT2D eigenvalue weighted by Crippen LogP contribution is 2.41. The number of nitrogens with one attached hydrogen (secondary N) is 1. The molecule has 1 aliphatic rings. The molecule has 0 aliphatic heterocycles. The molecule has 1 aliphatic carbocycles. The second-order valence-electron chi connectivity index (χ2n) is 9.85. The van der Waals surface area contributed by atoms with E-state index in [1.807, 2.05) is 30.3 Å². The summed E-state index contributed by atoms with van der Waals surface area (Å²) in [6, 6.07) is 18.3. The molecule has 33 heavy (non-hydrogen) atoms. The lowest BCUT2D eigenvalue weighted by molar-refractivity contribution is 0.0902. The largest absolute Gasteiger partial charge is 0.497 e. The lowest BCUT2D eigenvalue weighted by Crippen LogP contribution is -2.29. The monoisotopic (exact) mass is 463 g/mol. The van der Waals surface area contributed by atoms with Crippen LogP contribution in [0.5, 0.6) is 5.75 Å². The Morgan fingerprint density at radius 2 is 1.85 bits per heavy atom. The predicted octanol–water partition coefficient (Wildman–Crippen LogP) is 7.07. The van der Waals surface area contributed by atoms with Gasteiger partial charge in [0.15, 0.2) is 5.76 Å². The molecule has 4 nitrogen and oxygen atoms in total. The second kappa shape index (κ2) is 9.68. The number of hydrogen-bond acceptors (Lipinski definition) is 4. The summed E-state index contributed by atoms with van der Waals surface area (Å²) in [6.07, 6.45) is 2.26. The molecule has 2 aromatic carbocycles. The molecule has 1 saturated carbocycles. The van der Waals surface area contributed by atoms with Crippen LogP contribution in [0.25, 0.3) is 0 Å². The summed E-state index contributed by atoms with van der Waals surface area (Å²) in [5.74, 6) is 2.99. The van der Waals surface area contributed by atoms with Crippen molar-refractivity contribution in [1.29, 1.82) is 0 Å². The van der Waals surface area contributed by atoms with E-state index in [4.69, 9.17) is 9.15 Å². The molecule has 3 aromatic rings. The molecule has 0 spiro atoms. The van der Waals surface area contributed by atoms with E-state index in [-0.39, 0.29) is 17.4 Å². The van der Waals surface area contributed by atoms with Crippen LogP contribution >= 0.6 is 11.8 Å². The van der Waals surface area contributed by atoms with Crippen molar-refractivity contribution in [2.45, 2.75) is 62.6 Å². The summed E-state index contributed by atoms with van der Waals surface area (Å²) in [6.45, 7) is 8.81. The van der Waals surface area contributed by atoms with Crippen molar-refractivity contribution in [3.63, 3.8) is 0 Å². The molecule has 1 unspecified atom stereocenters. The minimum Gasteiger partial charge on any atom is -0.497 e. The van der Waals surface area contributed by atoms with Gasteiger partial charge in [0.1, 0.15) is 11.5 Å². The van der Waals surface area contributed by atoms with Gasteiger partial charge in [-0.3, -0.25) is 4.79 Å². The molecule has 1 atom stereocenters. The zero-order valence-corrected chi connectivity index (χ0v) is 20.9. The van der Waals surface area contributed by atoms with Crippen molar-refractivity contribution >= 4 is 17.7 Å². The Labute approximate surface area is 201 Å². The van der Waals surface area contributed by atoms with Crippen LogP contribution in [0.3, 0.4) is 0 Å². The molecule has 5 heteroatoms. The first-order valence-electron chi connectivity index (χ1n) is 11.5. The van der Waals surface area contributed by atoms with Crippen LogP contribution < -0.4 is 10.1 Å². The van der Waals surface area contributed by atoms with E-state index in [0.717, 1.165) is 29.9 Å². The fourth-order valence-corrected chi connectivity index (χ4v) is 4.83. The van der Waals surface area contributed by atoms with Gasteiger partial charge in [0.2, 0.25) is 0 Å². The van der Waals surface area contributed by atoms with E-state index in [0.29, 0.717) is 17.4 Å². The molecular formula is C28H33NO3S. The Morgan fingerprint density at radius 1 is 1.12 bits per heavy atom. The van der Waals surface area contributed by atoms with Crippen LogP contribution in [0.1, 0.15) is 72.7 Å². The SMILES string of the molecule is COc1ccc(C(NC(=O)c2ccc(CSc3cc(C(C)(C)C)ccc3C)o2)C2CC2)cc1. The van der Waals surface area contributed by atoms with E-state index in [9.17, 15) is 4.79 Å². The van der Waals surface area contributed by atoms with Gasteiger partial charge in [-0.05, 0) is 78.1 Å². The van der Waals surface area contributed by atoms with Gasteiger partial charge in [-0.1, -0.05) is 45.0 Å². The fourth-order valence-electron chi connectivity index (χ4n) is 3.88. The summed E-state index contributed by atoms with van der Waals surface area (Å²) in [4.78, 5) is 14.2. The van der Waals surface area contributed by atoms with Crippen LogP contribution in [0.2, 0.25) is 0 Å². The Hall–Kier alpha value is -2.66. The topological polar surface area (TPSA) is 51.5 Å². The van der Waals surface area contributed by atoms with Crippen LogP contribution in [-0.2, 0) is 11.2 Å². The van der Waals surface area contributed by atoms with E-state index < -0.39 is 0 Å². The first-order valence-corrected chi connectivity index (χ1v) is 12.5. The normalized spacial score (nSPS) is 14.7. The lowest BCUT2D eigenvalue weighted by Gasteiger charge is -2.20. The number of furan rings is 1. The van der Waals surface area contributed by atoms with Gasteiger partial charge >= 0.3 is 0 Å². The molecular weight excluding hydrogens is 430 g/mol. The second-order valence-corrected chi connectivity index (χ2v) is 10.9. The number of carbonyl (C=O) groups excluding carboxylic acids is 1. The number of ether oxygens (including phenoxy) is 1. The quantitative estimate of drug-likeness (QED) is 0.363. The number of carbonyl (C=O) groups is 1. The molecule has 0 saturated heterocycles. The zero-order valence-electron chi connectivity index (χ0n) is 20.1. The lowest BCUT2D eigenvalue weighted by atomic mass is 9.87. The van der Waals surface area contributed by atoms with E-state index in [1.54, 1.807) is 24.9 Å². The van der Waals surface area contributed by atoms with Gasteiger partial charge in [0.25, 0.3) is 5.91 Å². The van der Waals surface area contributed by atoms with E-state index in [1.165, 1.54) is 16.0 Å². The number of rotatable bonds is 8. The first-order chi connectivity index (χ1) is 15.7. The molecule has 0 radical (unpaired) electrons. The number of methoxy groups -OCH3 is 1. The number of hydrogen-bond donors (Lipinski definition) is 1. The highest BCUT2D eigenvalue weighted by molar-refractivity contribution is 7.98. The van der Waals surface area contributed by atoms with Gasteiger partial charge in [-0.2, -0.15) is 0 Å². The standard InChI is InChI=1S/C28H33NO3S/c1-18-6-11-21(28(2,3)4)16-25(18)33-17-23-14-15-24(32-23)27(30)29-26(19-7-8-19)20-9-12-22(31-5)13-10-20/h6,9-16,19,26H,7-8,17H2,1-5H3,(H,29,30). The maximum absolute atomic E-state index is 12.9. The number of amides is 1. The number of benzene rings is 2. The minimum atomic E-state index is -0.162. The minimum absolute atomic E-state index is 0.00545. The summed E-state index contributed by atoms with van der Waals surface area (Å²) in [5.41, 5.74) is 3.79. The van der Waals surface area contributed by atoms with Crippen LogP contribution in [-0.4, -0.2) is 13.0 Å². The molecule has 174 valence electrons. The highest BCUT2D eigenvalue weighted by atomic mass is 32.2. The van der Waals surface area contributed by atoms with Crippen molar-refractivity contribution in [2.24, 2.45) is 5.92 Å². The highest BCUT2D eigenvalue weighted by Gasteiger charge is 2.34. The molecule has 0 bridgehead atoms. The Bertz CT molecular complexity index is 1110. The van der Waals surface area contributed by atoms with E-state index in [2.05, 4.69) is 51.2 Å². The smallest absolute Gasteiger partial charge is 0.287 e. The van der Waals surface area contributed by atoms with Crippen molar-refractivity contribution in [3.05, 3.63) is 82.8 Å². The molecule has 1 fully saturated rings. The van der Waals surface area contributed by atoms with Gasteiger partial charge in [-0.15, -0.1) is 11.8 Å². The van der Waals surface area contributed by atoms with Crippen molar-refractivity contribution < 1.29 is 13.9 Å². The average Bonchev–Trinajstić information content (AvgIpc) is 3.52. The molecule has 1 amide bonds. The Kier molecular flexibility index (Phi) is 6.89. The summed E-state index contributed by atoms with van der Waals surface area (Å²) in [7, 11) is 1.66. The predicted molar refractivity (Wildman–Crippen MR) is 134 cm³/mol. The van der Waals surface area contributed by atoms with Crippen LogP contribution in [0.4, 0.5) is 0 Å². The first kappa shape index (κ1) is 23.5. The van der Waals surface area contributed by atoms with Gasteiger partial charge in [0, 0.05) is 4.90 Å². The maximum atomic E-state index is 12.9. The number of thioether (sulfide) groups is 1.